The number of halogens is 2. The normalized spacial score (nSPS) is 10.1. The third-order valence-corrected chi connectivity index (χ3v) is 4.07. The minimum Gasteiger partial charge on any atom is -0.473 e. The van der Waals surface area contributed by atoms with Crippen LogP contribution < -0.4 is 9.47 Å². The average Bonchev–Trinajstić information content (AvgIpc) is 2.62. The quantitative estimate of drug-likeness (QED) is 0.533. The molecule has 4 nitrogen and oxygen atoms in total. The molecule has 0 bridgehead atoms. The van der Waals surface area contributed by atoms with Crippen molar-refractivity contribution in [2.45, 2.75) is 6.61 Å². The van der Waals surface area contributed by atoms with E-state index in [1.54, 1.807) is 30.5 Å². The van der Waals surface area contributed by atoms with Gasteiger partial charge in [0.15, 0.2) is 0 Å². The lowest BCUT2D eigenvalue weighted by Gasteiger charge is -2.11. The zero-order valence-electron chi connectivity index (χ0n) is 12.9. The maximum Gasteiger partial charge on any atom is 0.217 e. The zero-order valence-corrected chi connectivity index (χ0v) is 15.3. The lowest BCUT2D eigenvalue weighted by atomic mass is 10.2. The first kappa shape index (κ1) is 17.3. The summed E-state index contributed by atoms with van der Waals surface area (Å²) in [6, 6.07) is 18.4. The highest BCUT2D eigenvalue weighted by Crippen LogP contribution is 2.33. The first-order valence-electron chi connectivity index (χ1n) is 7.35. The Labute approximate surface area is 158 Å². The van der Waals surface area contributed by atoms with Gasteiger partial charge in [0.25, 0.3) is 0 Å². The molecule has 0 atom stereocenters. The lowest BCUT2D eigenvalue weighted by molar-refractivity contribution is 0.292. The average molecular weight is 416 g/mol. The fourth-order valence-corrected chi connectivity index (χ4v) is 2.63. The molecule has 3 rings (SSSR count). The maximum absolute atomic E-state index is 9.03. The van der Waals surface area contributed by atoms with Gasteiger partial charge in [0.05, 0.1) is 16.1 Å². The van der Waals surface area contributed by atoms with Gasteiger partial charge in [0.1, 0.15) is 18.1 Å². The summed E-state index contributed by atoms with van der Waals surface area (Å²) >= 11 is 9.40. The molecular formula is C19H12BrClN2O2. The number of hydrogen-bond acceptors (Lipinski definition) is 4. The molecule has 1 heterocycles. The molecule has 124 valence electrons. The number of pyridine rings is 1. The summed E-state index contributed by atoms with van der Waals surface area (Å²) in [4.78, 5) is 4.22. The maximum atomic E-state index is 9.03. The third kappa shape index (κ3) is 4.72. The molecule has 0 N–H and O–H groups in total. The van der Waals surface area contributed by atoms with Crippen LogP contribution in [-0.2, 0) is 6.61 Å². The predicted molar refractivity (Wildman–Crippen MR) is 99.0 cm³/mol. The number of benzene rings is 2. The van der Waals surface area contributed by atoms with Gasteiger partial charge in [-0.25, -0.2) is 4.98 Å². The van der Waals surface area contributed by atoms with Crippen LogP contribution in [0.3, 0.4) is 0 Å². The third-order valence-electron chi connectivity index (χ3n) is 3.25. The Morgan fingerprint density at radius 3 is 2.68 bits per heavy atom. The Bertz CT molecular complexity index is 926. The van der Waals surface area contributed by atoms with E-state index in [4.69, 9.17) is 26.3 Å². The Hall–Kier alpha value is -2.55. The van der Waals surface area contributed by atoms with Crippen molar-refractivity contribution < 1.29 is 9.47 Å². The van der Waals surface area contributed by atoms with E-state index < -0.39 is 0 Å². The van der Waals surface area contributed by atoms with Crippen LogP contribution in [0.5, 0.6) is 17.4 Å². The molecule has 0 aliphatic heterocycles. The number of nitriles is 1. The smallest absolute Gasteiger partial charge is 0.217 e. The first-order valence-corrected chi connectivity index (χ1v) is 8.52. The summed E-state index contributed by atoms with van der Waals surface area (Å²) in [7, 11) is 0. The number of aromatic nitrogens is 1. The molecule has 0 fully saturated rings. The van der Waals surface area contributed by atoms with Gasteiger partial charge in [0.2, 0.25) is 5.88 Å². The largest absolute Gasteiger partial charge is 0.473 e. The molecule has 0 amide bonds. The van der Waals surface area contributed by atoms with Crippen LogP contribution in [0.15, 0.2) is 65.3 Å². The molecule has 1 aromatic heterocycles. The van der Waals surface area contributed by atoms with Gasteiger partial charge in [-0.05, 0) is 39.7 Å². The topological polar surface area (TPSA) is 55.1 Å². The first-order chi connectivity index (χ1) is 12.1. The molecule has 0 aliphatic carbocycles. The Morgan fingerprint density at radius 2 is 1.92 bits per heavy atom. The van der Waals surface area contributed by atoms with Gasteiger partial charge in [-0.2, -0.15) is 5.26 Å². The Morgan fingerprint density at radius 1 is 1.12 bits per heavy atom. The second kappa shape index (κ2) is 8.02. The van der Waals surface area contributed by atoms with E-state index in [2.05, 4.69) is 20.9 Å². The van der Waals surface area contributed by atoms with Gasteiger partial charge < -0.3 is 9.47 Å². The van der Waals surface area contributed by atoms with Crippen LogP contribution in [0, 0.1) is 11.3 Å². The van der Waals surface area contributed by atoms with Gasteiger partial charge >= 0.3 is 0 Å². The van der Waals surface area contributed by atoms with E-state index in [0.29, 0.717) is 39.0 Å². The minimum atomic E-state index is 0.407. The number of nitrogens with zero attached hydrogens (tertiary/aromatic N) is 2. The summed E-state index contributed by atoms with van der Waals surface area (Å²) in [5, 5.41) is 9.46. The summed E-state index contributed by atoms with van der Waals surface area (Å²) in [6.45, 7) is 0.407. The van der Waals surface area contributed by atoms with E-state index in [0.717, 1.165) is 5.56 Å². The fourth-order valence-electron chi connectivity index (χ4n) is 2.10. The van der Waals surface area contributed by atoms with Crippen LogP contribution in [0.1, 0.15) is 11.1 Å². The van der Waals surface area contributed by atoms with Crippen LogP contribution in [0.25, 0.3) is 0 Å². The van der Waals surface area contributed by atoms with Crippen LogP contribution in [0.2, 0.25) is 5.02 Å². The molecular weight excluding hydrogens is 404 g/mol. The molecule has 2 aromatic carbocycles. The van der Waals surface area contributed by atoms with Crippen LogP contribution >= 0.6 is 27.5 Å². The summed E-state index contributed by atoms with van der Waals surface area (Å²) in [5.74, 6) is 1.42. The van der Waals surface area contributed by atoms with Crippen molar-refractivity contribution in [3.63, 3.8) is 0 Å². The molecule has 3 aromatic rings. The molecule has 6 heteroatoms. The van der Waals surface area contributed by atoms with E-state index >= 15 is 0 Å². The molecule has 0 saturated heterocycles. The van der Waals surface area contributed by atoms with Gasteiger partial charge in [-0.1, -0.05) is 41.9 Å². The molecule has 0 spiro atoms. The van der Waals surface area contributed by atoms with Crippen molar-refractivity contribution in [3.05, 3.63) is 81.4 Å². The van der Waals surface area contributed by atoms with E-state index in [1.807, 2.05) is 36.4 Å². The highest BCUT2D eigenvalue weighted by atomic mass is 79.9. The van der Waals surface area contributed by atoms with Crippen molar-refractivity contribution in [3.8, 4) is 23.4 Å². The summed E-state index contributed by atoms with van der Waals surface area (Å²) in [6.07, 6.45) is 1.60. The van der Waals surface area contributed by atoms with E-state index in [9.17, 15) is 0 Å². The number of rotatable bonds is 5. The minimum absolute atomic E-state index is 0.407. The van der Waals surface area contributed by atoms with Crippen LogP contribution in [0.4, 0.5) is 0 Å². The molecule has 0 radical (unpaired) electrons. The number of hydrogen-bond donors (Lipinski definition) is 0. The summed E-state index contributed by atoms with van der Waals surface area (Å²) < 4.78 is 12.2. The van der Waals surface area contributed by atoms with Crippen molar-refractivity contribution in [1.29, 1.82) is 5.26 Å². The van der Waals surface area contributed by atoms with Crippen LogP contribution in [-0.4, -0.2) is 4.98 Å². The summed E-state index contributed by atoms with van der Waals surface area (Å²) in [5.41, 5.74) is 1.47. The van der Waals surface area contributed by atoms with Crippen molar-refractivity contribution >= 4 is 27.5 Å². The van der Waals surface area contributed by atoms with Gasteiger partial charge in [-0.3, -0.25) is 0 Å². The predicted octanol–water partition coefficient (Wildman–Crippen LogP) is 5.74. The molecule has 0 aliphatic rings. The molecule has 0 unspecified atom stereocenters. The fraction of sp³-hybridized carbons (Fsp3) is 0.0526. The Balaban J connectivity index is 1.78. The lowest BCUT2D eigenvalue weighted by Crippen LogP contribution is -1.97. The highest BCUT2D eigenvalue weighted by Gasteiger charge is 2.09. The Kier molecular flexibility index (Phi) is 5.54. The van der Waals surface area contributed by atoms with Gasteiger partial charge in [0, 0.05) is 17.3 Å². The second-order valence-electron chi connectivity index (χ2n) is 5.12. The van der Waals surface area contributed by atoms with Gasteiger partial charge in [-0.15, -0.1) is 0 Å². The number of ether oxygens (including phenoxy) is 2. The molecule has 0 saturated carbocycles. The van der Waals surface area contributed by atoms with Crippen molar-refractivity contribution in [2.75, 3.05) is 0 Å². The van der Waals surface area contributed by atoms with Crippen molar-refractivity contribution in [1.82, 2.24) is 4.98 Å². The van der Waals surface area contributed by atoms with Crippen molar-refractivity contribution in [2.24, 2.45) is 0 Å². The zero-order chi connectivity index (χ0) is 17.6. The standard InChI is InChI=1S/C19H12BrClN2O2/c20-17-11-23-19(24-12-13-4-2-1-3-5-13)9-18(17)25-16-7-14(10-22)6-15(21)8-16/h1-9,11H,12H2. The monoisotopic (exact) mass is 414 g/mol. The highest BCUT2D eigenvalue weighted by molar-refractivity contribution is 9.10. The SMILES string of the molecule is N#Cc1cc(Cl)cc(Oc2cc(OCc3ccccc3)ncc2Br)c1. The second-order valence-corrected chi connectivity index (χ2v) is 6.41. The molecule has 25 heavy (non-hydrogen) atoms. The van der Waals surface area contributed by atoms with E-state index in [-0.39, 0.29) is 0 Å². The van der Waals surface area contributed by atoms with E-state index in [1.165, 1.54) is 0 Å².